The average molecular weight is 434 g/mol. The van der Waals surface area contributed by atoms with Gasteiger partial charge in [-0.2, -0.15) is 0 Å². The first-order valence-electron chi connectivity index (χ1n) is 10.8. The van der Waals surface area contributed by atoms with Crippen LogP contribution >= 0.6 is 0 Å². The molecule has 0 spiro atoms. The average Bonchev–Trinajstić information content (AvgIpc) is 3.21. The number of aromatic nitrogens is 2. The minimum atomic E-state index is -0.747. The van der Waals surface area contributed by atoms with E-state index in [1.807, 2.05) is 55.8 Å². The smallest absolute Gasteiger partial charge is 0.250 e. The minimum absolute atomic E-state index is 0.0576. The summed E-state index contributed by atoms with van der Waals surface area (Å²) in [6, 6.07) is 12.5. The van der Waals surface area contributed by atoms with Crippen LogP contribution in [0.2, 0.25) is 0 Å². The van der Waals surface area contributed by atoms with Gasteiger partial charge in [0.15, 0.2) is 0 Å². The number of amides is 1. The maximum atomic E-state index is 14.5. The number of methoxy groups -OCH3 is 1. The van der Waals surface area contributed by atoms with Crippen molar-refractivity contribution in [3.63, 3.8) is 0 Å². The van der Waals surface area contributed by atoms with Crippen molar-refractivity contribution in [2.75, 3.05) is 13.7 Å². The number of hydrogen-bond acceptors (Lipinski definition) is 3. The van der Waals surface area contributed by atoms with Crippen LogP contribution in [0.25, 0.3) is 11.8 Å². The normalized spacial score (nSPS) is 16.0. The Kier molecular flexibility index (Phi) is 5.87. The number of aryl methyl sites for hydroxylation is 1. The lowest BCUT2D eigenvalue weighted by molar-refractivity contribution is -0.134. The summed E-state index contributed by atoms with van der Waals surface area (Å²) in [4.78, 5) is 19.5. The highest BCUT2D eigenvalue weighted by molar-refractivity contribution is 5.99. The van der Waals surface area contributed by atoms with Crippen LogP contribution in [0.4, 0.5) is 4.39 Å². The molecule has 5 nitrogen and oxygen atoms in total. The van der Waals surface area contributed by atoms with Crippen molar-refractivity contribution >= 4 is 12.0 Å². The Morgan fingerprint density at radius 3 is 2.66 bits per heavy atom. The first kappa shape index (κ1) is 21.8. The van der Waals surface area contributed by atoms with Gasteiger partial charge in [0.1, 0.15) is 11.6 Å². The fourth-order valence-corrected chi connectivity index (χ4v) is 4.33. The molecule has 1 fully saturated rings. The summed E-state index contributed by atoms with van der Waals surface area (Å²) in [5.74, 6) is 0.345. The highest BCUT2D eigenvalue weighted by atomic mass is 19.1. The van der Waals surface area contributed by atoms with Gasteiger partial charge in [0.05, 0.1) is 30.4 Å². The summed E-state index contributed by atoms with van der Waals surface area (Å²) in [6.07, 6.45) is 7.12. The van der Waals surface area contributed by atoms with Gasteiger partial charge in [0.2, 0.25) is 0 Å². The number of benzene rings is 2. The first-order chi connectivity index (χ1) is 15.3. The van der Waals surface area contributed by atoms with Crippen LogP contribution in [-0.2, 0) is 10.3 Å². The van der Waals surface area contributed by atoms with E-state index in [2.05, 4.69) is 4.98 Å². The number of rotatable bonds is 5. The number of carbonyl (C=O) groups excluding carboxylic acids is 1. The monoisotopic (exact) mass is 433 g/mol. The van der Waals surface area contributed by atoms with Crippen molar-refractivity contribution in [2.24, 2.45) is 0 Å². The molecule has 1 aliphatic heterocycles. The predicted octanol–water partition coefficient (Wildman–Crippen LogP) is 5.27. The lowest BCUT2D eigenvalue weighted by atomic mass is 9.88. The van der Waals surface area contributed by atoms with Gasteiger partial charge in [-0.1, -0.05) is 24.3 Å². The molecule has 4 rings (SSSR count). The second-order valence-corrected chi connectivity index (χ2v) is 8.62. The summed E-state index contributed by atoms with van der Waals surface area (Å²) in [5.41, 5.74) is 3.18. The Hall–Kier alpha value is -3.41. The summed E-state index contributed by atoms with van der Waals surface area (Å²) >= 11 is 0. The van der Waals surface area contributed by atoms with E-state index in [1.165, 1.54) is 6.07 Å². The number of nitrogens with zero attached hydrogens (tertiary/aromatic N) is 3. The maximum Gasteiger partial charge on any atom is 0.250 e. The molecule has 3 aromatic rings. The van der Waals surface area contributed by atoms with Crippen LogP contribution in [0.3, 0.4) is 0 Å². The molecular weight excluding hydrogens is 405 g/mol. The molecule has 0 saturated carbocycles. The van der Waals surface area contributed by atoms with Crippen LogP contribution in [0.5, 0.6) is 5.75 Å². The highest BCUT2D eigenvalue weighted by Gasteiger charge is 2.37. The number of piperidine rings is 1. The zero-order valence-corrected chi connectivity index (χ0v) is 18.9. The van der Waals surface area contributed by atoms with Crippen LogP contribution in [0, 0.1) is 12.7 Å². The molecular formula is C26H28FN3O2. The third-order valence-corrected chi connectivity index (χ3v) is 6.09. The van der Waals surface area contributed by atoms with E-state index in [1.54, 1.807) is 36.5 Å². The molecule has 32 heavy (non-hydrogen) atoms. The number of imidazole rings is 1. The van der Waals surface area contributed by atoms with Gasteiger partial charge < -0.3 is 14.2 Å². The standard InChI is InChI=1S/C26H28FN3O2/c1-18-16-29(17-28-18)23-12-11-19(15-24(23)32-4)14-20-8-7-13-30(25(20)31)26(2,3)21-9-5-6-10-22(21)27/h5-6,9-12,14-17H,7-8,13H2,1-4H3. The molecule has 0 unspecified atom stereocenters. The molecule has 0 N–H and O–H groups in total. The van der Waals surface area contributed by atoms with Crippen LogP contribution < -0.4 is 4.74 Å². The number of hydrogen-bond donors (Lipinski definition) is 0. The van der Waals surface area contributed by atoms with Crippen molar-refractivity contribution in [3.8, 4) is 11.4 Å². The molecule has 1 amide bonds. The molecule has 1 saturated heterocycles. The zero-order chi connectivity index (χ0) is 22.9. The maximum absolute atomic E-state index is 14.5. The number of carbonyl (C=O) groups is 1. The van der Waals surface area contributed by atoms with Crippen molar-refractivity contribution in [3.05, 3.63) is 83.2 Å². The molecule has 2 heterocycles. The Bertz CT molecular complexity index is 1180. The molecule has 1 aromatic heterocycles. The molecule has 2 aromatic carbocycles. The van der Waals surface area contributed by atoms with Gasteiger partial charge in [-0.25, -0.2) is 9.37 Å². The summed E-state index contributed by atoms with van der Waals surface area (Å²) in [7, 11) is 1.63. The van der Waals surface area contributed by atoms with Gasteiger partial charge in [-0.3, -0.25) is 4.79 Å². The van der Waals surface area contributed by atoms with Crippen molar-refractivity contribution < 1.29 is 13.9 Å². The quantitative estimate of drug-likeness (QED) is 0.515. The van der Waals surface area contributed by atoms with E-state index in [0.717, 1.165) is 23.4 Å². The fraction of sp³-hybridized carbons (Fsp3) is 0.308. The van der Waals surface area contributed by atoms with Crippen molar-refractivity contribution in [1.29, 1.82) is 0 Å². The van der Waals surface area contributed by atoms with E-state index >= 15 is 0 Å². The van der Waals surface area contributed by atoms with Crippen LogP contribution in [-0.4, -0.2) is 34.0 Å². The SMILES string of the molecule is COc1cc(C=C2CCCN(C(C)(C)c3ccccc3F)C2=O)ccc1-n1cnc(C)c1. The zero-order valence-electron chi connectivity index (χ0n) is 18.9. The number of likely N-dealkylation sites (tertiary alicyclic amines) is 1. The van der Waals surface area contributed by atoms with Crippen LogP contribution in [0.1, 0.15) is 43.5 Å². The fourth-order valence-electron chi connectivity index (χ4n) is 4.33. The summed E-state index contributed by atoms with van der Waals surface area (Å²) < 4.78 is 22.0. The summed E-state index contributed by atoms with van der Waals surface area (Å²) in [6.45, 7) is 6.33. The lowest BCUT2D eigenvalue weighted by Crippen LogP contribution is -2.49. The Morgan fingerprint density at radius 1 is 1.19 bits per heavy atom. The third kappa shape index (κ3) is 4.05. The van der Waals surface area contributed by atoms with E-state index in [9.17, 15) is 9.18 Å². The number of ether oxygens (including phenoxy) is 1. The van der Waals surface area contributed by atoms with Gasteiger partial charge >= 0.3 is 0 Å². The Morgan fingerprint density at radius 2 is 1.97 bits per heavy atom. The molecule has 0 aliphatic carbocycles. The molecule has 0 bridgehead atoms. The predicted molar refractivity (Wildman–Crippen MR) is 123 cm³/mol. The van der Waals surface area contributed by atoms with Gasteiger partial charge in [-0.15, -0.1) is 0 Å². The Labute approximate surface area is 188 Å². The van der Waals surface area contributed by atoms with Gasteiger partial charge in [0.25, 0.3) is 5.91 Å². The highest BCUT2D eigenvalue weighted by Crippen LogP contribution is 2.35. The molecule has 0 radical (unpaired) electrons. The second kappa shape index (κ2) is 8.61. The summed E-state index contributed by atoms with van der Waals surface area (Å²) in [5, 5.41) is 0. The van der Waals surface area contributed by atoms with E-state index in [4.69, 9.17) is 4.74 Å². The van der Waals surface area contributed by atoms with Crippen molar-refractivity contribution in [1.82, 2.24) is 14.5 Å². The molecule has 6 heteroatoms. The topological polar surface area (TPSA) is 47.4 Å². The van der Waals surface area contributed by atoms with Crippen LogP contribution in [0.15, 0.2) is 60.6 Å². The third-order valence-electron chi connectivity index (χ3n) is 6.09. The minimum Gasteiger partial charge on any atom is -0.495 e. The molecule has 166 valence electrons. The molecule has 0 atom stereocenters. The Balaban J connectivity index is 1.64. The first-order valence-corrected chi connectivity index (χ1v) is 10.8. The largest absolute Gasteiger partial charge is 0.495 e. The van der Waals surface area contributed by atoms with Gasteiger partial charge in [-0.05, 0) is 63.5 Å². The van der Waals surface area contributed by atoms with E-state index in [-0.39, 0.29) is 11.7 Å². The number of halogens is 1. The molecule has 1 aliphatic rings. The van der Waals surface area contributed by atoms with E-state index in [0.29, 0.717) is 29.9 Å². The van der Waals surface area contributed by atoms with Gasteiger partial charge in [0, 0.05) is 23.9 Å². The van der Waals surface area contributed by atoms with Crippen molar-refractivity contribution in [2.45, 2.75) is 39.2 Å². The second-order valence-electron chi connectivity index (χ2n) is 8.62. The lowest BCUT2D eigenvalue weighted by Gasteiger charge is -2.42. The van der Waals surface area contributed by atoms with E-state index < -0.39 is 5.54 Å².